The van der Waals surface area contributed by atoms with Crippen molar-refractivity contribution in [3.8, 4) is 5.75 Å². The summed E-state index contributed by atoms with van der Waals surface area (Å²) in [5.41, 5.74) is 1.51. The molecule has 0 saturated carbocycles. The van der Waals surface area contributed by atoms with Crippen molar-refractivity contribution in [1.29, 1.82) is 0 Å². The lowest BCUT2D eigenvalue weighted by atomic mass is 10.2. The third-order valence-corrected chi connectivity index (χ3v) is 3.97. The van der Waals surface area contributed by atoms with Crippen molar-refractivity contribution in [2.75, 3.05) is 0 Å². The number of hydrogen-bond acceptors (Lipinski definition) is 1. The molecule has 0 aromatic heterocycles. The second-order valence-electron chi connectivity index (χ2n) is 3.92. The zero-order valence-electron chi connectivity index (χ0n) is 9.80. The van der Waals surface area contributed by atoms with Gasteiger partial charge in [0, 0.05) is 15.9 Å². The van der Waals surface area contributed by atoms with Crippen LogP contribution in [0.3, 0.4) is 0 Å². The van der Waals surface area contributed by atoms with E-state index in [1.54, 1.807) is 12.1 Å². The van der Waals surface area contributed by atoms with E-state index in [1.807, 2.05) is 18.2 Å². The first-order valence-electron chi connectivity index (χ1n) is 5.51. The van der Waals surface area contributed by atoms with Crippen LogP contribution in [0.5, 0.6) is 5.75 Å². The molecule has 0 spiro atoms. The summed E-state index contributed by atoms with van der Waals surface area (Å²) in [6, 6.07) is 10.5. The molecular formula is C14H10Br2ClFO. The van der Waals surface area contributed by atoms with Gasteiger partial charge in [-0.25, -0.2) is 4.39 Å². The van der Waals surface area contributed by atoms with Crippen molar-refractivity contribution < 1.29 is 9.13 Å². The summed E-state index contributed by atoms with van der Waals surface area (Å²) in [4.78, 5) is 0. The van der Waals surface area contributed by atoms with E-state index < -0.39 is 0 Å². The lowest BCUT2D eigenvalue weighted by Crippen LogP contribution is -1.99. The van der Waals surface area contributed by atoms with Crippen LogP contribution < -0.4 is 4.74 Å². The van der Waals surface area contributed by atoms with Gasteiger partial charge < -0.3 is 4.74 Å². The summed E-state index contributed by atoms with van der Waals surface area (Å²) in [5.74, 6) is 0.819. The van der Waals surface area contributed by atoms with E-state index >= 15 is 0 Å². The second kappa shape index (κ2) is 6.73. The lowest BCUT2D eigenvalue weighted by Gasteiger charge is -2.10. The molecule has 0 N–H and O–H groups in total. The van der Waals surface area contributed by atoms with Crippen LogP contribution in [-0.2, 0) is 12.5 Å². The Labute approximate surface area is 133 Å². The summed E-state index contributed by atoms with van der Waals surface area (Å²) in [6.07, 6.45) is 0. The van der Waals surface area contributed by atoms with Gasteiger partial charge in [0.15, 0.2) is 0 Å². The van der Waals surface area contributed by atoms with E-state index in [1.165, 1.54) is 6.07 Å². The highest BCUT2D eigenvalue weighted by Gasteiger charge is 2.06. The maximum Gasteiger partial charge on any atom is 0.134 e. The van der Waals surface area contributed by atoms with Gasteiger partial charge in [-0.1, -0.05) is 28.1 Å². The predicted octanol–water partition coefficient (Wildman–Crippen LogP) is 5.67. The molecule has 2 aromatic carbocycles. The average molecular weight is 408 g/mol. The summed E-state index contributed by atoms with van der Waals surface area (Å²) in [7, 11) is 0. The molecule has 0 bridgehead atoms. The lowest BCUT2D eigenvalue weighted by molar-refractivity contribution is 0.298. The summed E-state index contributed by atoms with van der Waals surface area (Å²) in [6.45, 7) is 0.179. The van der Waals surface area contributed by atoms with Crippen molar-refractivity contribution in [3.63, 3.8) is 0 Å². The minimum Gasteiger partial charge on any atom is -0.488 e. The van der Waals surface area contributed by atoms with Crippen LogP contribution in [0.4, 0.5) is 4.39 Å². The molecule has 0 aliphatic rings. The molecule has 1 nitrogen and oxygen atoms in total. The van der Waals surface area contributed by atoms with Crippen LogP contribution in [0, 0.1) is 5.82 Å². The molecule has 0 amide bonds. The fourth-order valence-electron chi connectivity index (χ4n) is 1.54. The van der Waals surface area contributed by atoms with Crippen LogP contribution in [0.2, 0.25) is 0 Å². The molecule has 0 radical (unpaired) electrons. The second-order valence-corrected chi connectivity index (χ2v) is 5.96. The minimum absolute atomic E-state index is 0.179. The Morgan fingerprint density at radius 2 is 1.89 bits per heavy atom. The predicted molar refractivity (Wildman–Crippen MR) is 82.1 cm³/mol. The normalized spacial score (nSPS) is 10.5. The number of rotatable bonds is 4. The van der Waals surface area contributed by atoms with Crippen LogP contribution in [-0.4, -0.2) is 0 Å². The van der Waals surface area contributed by atoms with Gasteiger partial charge in [0.05, 0.1) is 4.47 Å². The van der Waals surface area contributed by atoms with Gasteiger partial charge in [0.2, 0.25) is 0 Å². The summed E-state index contributed by atoms with van der Waals surface area (Å²) < 4.78 is 20.7. The molecule has 0 saturated heterocycles. The van der Waals surface area contributed by atoms with Gasteiger partial charge in [-0.05, 0) is 45.8 Å². The minimum atomic E-state index is -0.289. The molecule has 0 heterocycles. The summed E-state index contributed by atoms with van der Waals surface area (Å²) in [5, 5.41) is 0. The van der Waals surface area contributed by atoms with Gasteiger partial charge in [-0.3, -0.25) is 0 Å². The number of ether oxygens (including phenoxy) is 1. The topological polar surface area (TPSA) is 9.23 Å². The van der Waals surface area contributed by atoms with E-state index in [2.05, 4.69) is 31.9 Å². The summed E-state index contributed by atoms with van der Waals surface area (Å²) >= 11 is 12.4. The smallest absolute Gasteiger partial charge is 0.134 e. The van der Waals surface area contributed by atoms with Crippen LogP contribution in [0.15, 0.2) is 45.3 Å². The number of hydrogen-bond donors (Lipinski definition) is 0. The van der Waals surface area contributed by atoms with Gasteiger partial charge >= 0.3 is 0 Å². The fourth-order valence-corrected chi connectivity index (χ4v) is 2.58. The van der Waals surface area contributed by atoms with E-state index in [0.717, 1.165) is 10.0 Å². The number of benzene rings is 2. The van der Waals surface area contributed by atoms with Crippen molar-refractivity contribution >= 4 is 43.5 Å². The highest BCUT2D eigenvalue weighted by molar-refractivity contribution is 9.10. The van der Waals surface area contributed by atoms with Crippen molar-refractivity contribution in [2.45, 2.75) is 12.5 Å². The Morgan fingerprint density at radius 3 is 2.53 bits per heavy atom. The first-order chi connectivity index (χ1) is 9.10. The number of halogens is 4. The quantitative estimate of drug-likeness (QED) is 0.593. The average Bonchev–Trinajstić information content (AvgIpc) is 2.39. The van der Waals surface area contributed by atoms with Gasteiger partial charge in [0.1, 0.15) is 18.2 Å². The molecule has 2 aromatic rings. The molecule has 2 rings (SSSR count). The van der Waals surface area contributed by atoms with Gasteiger partial charge in [-0.2, -0.15) is 0 Å². The zero-order valence-corrected chi connectivity index (χ0v) is 13.7. The zero-order chi connectivity index (χ0) is 13.8. The van der Waals surface area contributed by atoms with E-state index in [9.17, 15) is 4.39 Å². The molecule has 100 valence electrons. The molecule has 0 unspecified atom stereocenters. The third kappa shape index (κ3) is 3.94. The standard InChI is InChI=1S/C14H10Br2ClFO/c15-11-3-2-10(13(18)6-11)8-19-14-4-1-9(7-17)5-12(14)16/h1-6H,7-8H2. The highest BCUT2D eigenvalue weighted by Crippen LogP contribution is 2.28. The van der Waals surface area contributed by atoms with Crippen LogP contribution >= 0.6 is 43.5 Å². The van der Waals surface area contributed by atoms with Crippen molar-refractivity contribution in [2.24, 2.45) is 0 Å². The van der Waals surface area contributed by atoms with Crippen molar-refractivity contribution in [3.05, 3.63) is 62.3 Å². The first kappa shape index (κ1) is 14.8. The number of alkyl halides is 1. The molecule has 0 atom stereocenters. The van der Waals surface area contributed by atoms with Crippen LogP contribution in [0.1, 0.15) is 11.1 Å². The Bertz CT molecular complexity index is 590. The maximum absolute atomic E-state index is 13.6. The maximum atomic E-state index is 13.6. The van der Waals surface area contributed by atoms with Gasteiger partial charge in [0.25, 0.3) is 0 Å². The van der Waals surface area contributed by atoms with E-state index in [4.69, 9.17) is 16.3 Å². The Hall–Kier alpha value is -0.580. The Balaban J connectivity index is 2.10. The SMILES string of the molecule is Fc1cc(Br)ccc1COc1ccc(CCl)cc1Br. The Kier molecular flexibility index (Phi) is 5.25. The Morgan fingerprint density at radius 1 is 1.11 bits per heavy atom. The third-order valence-electron chi connectivity index (χ3n) is 2.55. The first-order valence-corrected chi connectivity index (χ1v) is 7.63. The highest BCUT2D eigenvalue weighted by atomic mass is 79.9. The molecule has 0 fully saturated rings. The molecule has 0 aliphatic heterocycles. The molecule has 19 heavy (non-hydrogen) atoms. The van der Waals surface area contributed by atoms with E-state index in [-0.39, 0.29) is 12.4 Å². The fraction of sp³-hybridized carbons (Fsp3) is 0.143. The van der Waals surface area contributed by atoms with Crippen LogP contribution in [0.25, 0.3) is 0 Å². The molecular weight excluding hydrogens is 398 g/mol. The molecule has 5 heteroatoms. The monoisotopic (exact) mass is 406 g/mol. The van der Waals surface area contributed by atoms with E-state index in [0.29, 0.717) is 21.7 Å². The molecule has 0 aliphatic carbocycles. The van der Waals surface area contributed by atoms with Gasteiger partial charge in [-0.15, -0.1) is 11.6 Å². The van der Waals surface area contributed by atoms with Crippen molar-refractivity contribution in [1.82, 2.24) is 0 Å². The largest absolute Gasteiger partial charge is 0.488 e.